The molecule has 0 aliphatic heterocycles. The molecule has 6 N–H and O–H groups in total. The number of nitrogens with zero attached hydrogens (tertiary/aromatic N) is 1. The van der Waals surface area contributed by atoms with Crippen LogP contribution in [0.4, 0.5) is 0 Å². The average Bonchev–Trinajstić information content (AvgIpc) is 2.17. The lowest BCUT2D eigenvalue weighted by atomic mass is 10.3. The molecule has 12 heteroatoms. The normalized spacial score (nSPS) is 14.3. The van der Waals surface area contributed by atoms with E-state index in [-0.39, 0.29) is 4.64 Å². The number of carbonyl (C=O) groups is 1. The van der Waals surface area contributed by atoms with Gasteiger partial charge < -0.3 is 14.8 Å². The Kier molecular flexibility index (Phi) is 4.47. The van der Waals surface area contributed by atoms with Crippen LogP contribution in [0.5, 0.6) is 0 Å². The first-order chi connectivity index (χ1) is 8.03. The Morgan fingerprint density at radius 2 is 2.00 bits per heavy atom. The van der Waals surface area contributed by atoms with Gasteiger partial charge in [0.15, 0.2) is 0 Å². The van der Waals surface area contributed by atoms with Gasteiger partial charge in [0.05, 0.1) is 11.9 Å². The molecular weight excluding hydrogens is 306 g/mol. The first-order valence-corrected chi connectivity index (χ1v) is 7.98. The van der Waals surface area contributed by atoms with Gasteiger partial charge in [0.2, 0.25) is 5.66 Å². The lowest BCUT2D eigenvalue weighted by Crippen LogP contribution is -2.17. The second-order valence-electron chi connectivity index (χ2n) is 3.23. The van der Waals surface area contributed by atoms with Gasteiger partial charge in [-0.1, -0.05) is 12.2 Å². The van der Waals surface area contributed by atoms with Crippen LogP contribution >= 0.6 is 27.8 Å². The second kappa shape index (κ2) is 5.20. The van der Waals surface area contributed by atoms with Crippen LogP contribution in [0.1, 0.15) is 11.4 Å². The molecule has 0 aliphatic rings. The second-order valence-corrected chi connectivity index (χ2v) is 6.95. The summed E-state index contributed by atoms with van der Waals surface area (Å²) in [6, 6.07) is 0. The van der Waals surface area contributed by atoms with E-state index in [1.807, 2.05) is 0 Å². The fourth-order valence-electron chi connectivity index (χ4n) is 1.11. The maximum absolute atomic E-state index is 11.4. The monoisotopic (exact) mass is 315 g/mol. The Morgan fingerprint density at radius 3 is 2.33 bits per heavy atom. The van der Waals surface area contributed by atoms with Gasteiger partial charge in [-0.3, -0.25) is 9.55 Å². The molecule has 1 atom stereocenters. The maximum atomic E-state index is 11.4. The summed E-state index contributed by atoms with van der Waals surface area (Å²) in [5.41, 5.74) is -4.50. The molecule has 1 heterocycles. The third kappa shape index (κ3) is 3.71. The Balaban J connectivity index is 3.32. The van der Waals surface area contributed by atoms with Crippen molar-refractivity contribution in [3.05, 3.63) is 22.7 Å². The highest BCUT2D eigenvalue weighted by Crippen LogP contribution is 2.61. The van der Waals surface area contributed by atoms with Crippen LogP contribution in [-0.2, 0) is 9.36 Å². The fourth-order valence-corrected chi connectivity index (χ4v) is 3.37. The number of H-pyrrole nitrogens is 1. The molecular formula is C6H9N2O7P2S+. The van der Waals surface area contributed by atoms with Crippen LogP contribution in [0.15, 0.2) is 12.4 Å². The van der Waals surface area contributed by atoms with Gasteiger partial charge in [-0.2, -0.15) is 14.7 Å². The Labute approximate surface area is 106 Å². The minimum absolute atomic E-state index is 0.147. The quantitative estimate of drug-likeness (QED) is 0.321. The van der Waals surface area contributed by atoms with Crippen molar-refractivity contribution in [3.8, 4) is 0 Å². The molecule has 0 aliphatic carbocycles. The summed E-state index contributed by atoms with van der Waals surface area (Å²) in [6.45, 7) is 0. The van der Waals surface area contributed by atoms with E-state index in [0.717, 1.165) is 12.4 Å². The largest absolute Gasteiger partial charge is 0.480 e. The third-order valence-corrected chi connectivity index (χ3v) is 4.29. The fraction of sp³-hybridized carbons (Fsp3) is 0.167. The number of aromatic nitrogens is 2. The molecule has 18 heavy (non-hydrogen) atoms. The highest BCUT2D eigenvalue weighted by Gasteiger charge is 2.55. The van der Waals surface area contributed by atoms with Crippen molar-refractivity contribution in [2.24, 2.45) is 0 Å². The van der Waals surface area contributed by atoms with Gasteiger partial charge in [-0.25, -0.2) is 4.79 Å². The first kappa shape index (κ1) is 15.5. The summed E-state index contributed by atoms with van der Waals surface area (Å²) in [7, 11) is -10.1. The smallest absolute Gasteiger partial charge is 0.350 e. The van der Waals surface area contributed by atoms with E-state index in [1.54, 1.807) is 0 Å². The highest BCUT2D eigenvalue weighted by molar-refractivity contribution is 7.78. The zero-order valence-corrected chi connectivity index (χ0v) is 11.1. The molecule has 0 saturated carbocycles. The standard InChI is InChI=1S/C6H8N2O7P2S/c9-6(17(13,14)15)5(16(10,11)12)3-1-8-4(18)2-7-3/h1-2,5,13-15H,(H2-,8,10,11,12,18)/p+1. The Bertz CT molecular complexity index is 541. The highest BCUT2D eigenvalue weighted by atomic mass is 32.1. The lowest BCUT2D eigenvalue weighted by molar-refractivity contribution is -0.114. The van der Waals surface area contributed by atoms with Crippen molar-refractivity contribution in [1.82, 2.24) is 9.97 Å². The summed E-state index contributed by atoms with van der Waals surface area (Å²) in [5.74, 6) is 0. The molecule has 9 nitrogen and oxygen atoms in total. The maximum Gasteiger partial charge on any atom is 0.480 e. The summed E-state index contributed by atoms with van der Waals surface area (Å²) in [4.78, 5) is 61.8. The molecule has 100 valence electrons. The molecule has 0 fully saturated rings. The number of nitrogens with one attached hydrogen (secondary N) is 1. The van der Waals surface area contributed by atoms with E-state index in [2.05, 4.69) is 22.2 Å². The summed E-state index contributed by atoms with van der Waals surface area (Å²) in [5, 5.41) is 0. The molecule has 0 saturated heterocycles. The molecule has 1 aromatic heterocycles. The van der Waals surface area contributed by atoms with Crippen LogP contribution in [0.25, 0.3) is 0 Å². The molecule has 1 aromatic rings. The average molecular weight is 315 g/mol. The van der Waals surface area contributed by atoms with E-state index >= 15 is 0 Å². The van der Waals surface area contributed by atoms with Crippen LogP contribution in [0.3, 0.4) is 0 Å². The van der Waals surface area contributed by atoms with Gasteiger partial charge in [0, 0.05) is 6.20 Å². The summed E-state index contributed by atoms with van der Waals surface area (Å²) >= 11 is 4.65. The van der Waals surface area contributed by atoms with E-state index in [4.69, 9.17) is 24.5 Å². The number of carbonyl (C=O) groups excluding carboxylic acids is 1. The van der Waals surface area contributed by atoms with E-state index in [1.165, 1.54) is 0 Å². The summed E-state index contributed by atoms with van der Waals surface area (Å²) < 4.78 is 11.3. The topological polar surface area (TPSA) is 164 Å². The van der Waals surface area contributed by atoms with Gasteiger partial charge in [-0.15, -0.1) is 0 Å². The van der Waals surface area contributed by atoms with Crippen LogP contribution in [-0.4, -0.2) is 40.0 Å². The van der Waals surface area contributed by atoms with Crippen molar-refractivity contribution in [2.75, 3.05) is 0 Å². The van der Waals surface area contributed by atoms with E-state index in [0.29, 0.717) is 0 Å². The predicted molar refractivity (Wildman–Crippen MR) is 62.8 cm³/mol. The van der Waals surface area contributed by atoms with Crippen molar-refractivity contribution in [1.29, 1.82) is 0 Å². The number of hydrogen-bond acceptors (Lipinski definition) is 7. The number of hydrogen-bond donors (Lipinski definition) is 6. The van der Waals surface area contributed by atoms with Gasteiger partial charge in [0.25, 0.3) is 0 Å². The zero-order chi connectivity index (χ0) is 14.1. The van der Waals surface area contributed by atoms with Crippen molar-refractivity contribution in [2.45, 2.75) is 5.66 Å². The molecule has 0 aromatic carbocycles. The van der Waals surface area contributed by atoms with Gasteiger partial charge in [-0.05, 0) is 0 Å². The van der Waals surface area contributed by atoms with E-state index in [9.17, 15) is 9.36 Å². The molecule has 1 unspecified atom stereocenters. The van der Waals surface area contributed by atoms with E-state index < -0.39 is 32.4 Å². The minimum Gasteiger partial charge on any atom is -0.350 e. The number of aromatic amines is 1. The summed E-state index contributed by atoms with van der Waals surface area (Å²) in [6.07, 6.45) is 1.96. The van der Waals surface area contributed by atoms with Gasteiger partial charge in [0.1, 0.15) is 4.64 Å². The molecule has 0 radical (unpaired) electrons. The van der Waals surface area contributed by atoms with Crippen molar-refractivity contribution >= 4 is 33.3 Å². The van der Waals surface area contributed by atoms with Crippen LogP contribution in [0, 0.1) is 4.64 Å². The molecule has 0 spiro atoms. The Hall–Kier alpha value is -0.570. The van der Waals surface area contributed by atoms with Gasteiger partial charge >= 0.3 is 21.1 Å². The zero-order valence-electron chi connectivity index (χ0n) is 8.53. The third-order valence-electron chi connectivity index (χ3n) is 1.84. The van der Waals surface area contributed by atoms with Crippen molar-refractivity contribution in [3.63, 3.8) is 0 Å². The molecule has 0 amide bonds. The molecule has 0 bridgehead atoms. The lowest BCUT2D eigenvalue weighted by Gasteiger charge is -2.15. The predicted octanol–water partition coefficient (Wildman–Crippen LogP) is -0.376. The minimum atomic E-state index is -5.08. The number of rotatable bonds is 4. The SMILES string of the molecule is O=C(C(c1c[nH]c(=S)cn1)P(=O)(O)O)[P+](O)(O)O. The van der Waals surface area contributed by atoms with Crippen LogP contribution < -0.4 is 0 Å². The first-order valence-electron chi connectivity index (χ1n) is 4.25. The Morgan fingerprint density at radius 1 is 1.44 bits per heavy atom. The van der Waals surface area contributed by atoms with Crippen LogP contribution in [0.2, 0.25) is 0 Å². The van der Waals surface area contributed by atoms with Crippen molar-refractivity contribution < 1.29 is 33.8 Å². The molecule has 1 rings (SSSR count).